The molecular formula is C17H25ClN2O. The number of nitrogens with zero attached hydrogens (tertiary/aromatic N) is 1. The van der Waals surface area contributed by atoms with Crippen LogP contribution >= 0.6 is 12.4 Å². The fourth-order valence-electron chi connectivity index (χ4n) is 3.36. The zero-order valence-electron chi connectivity index (χ0n) is 12.8. The summed E-state index contributed by atoms with van der Waals surface area (Å²) in [5.41, 5.74) is 7.13. The van der Waals surface area contributed by atoms with Crippen LogP contribution in [0.3, 0.4) is 0 Å². The highest BCUT2D eigenvalue weighted by molar-refractivity contribution is 5.91. The van der Waals surface area contributed by atoms with Crippen LogP contribution in [0.15, 0.2) is 30.3 Å². The van der Waals surface area contributed by atoms with Crippen LogP contribution in [-0.4, -0.2) is 29.9 Å². The summed E-state index contributed by atoms with van der Waals surface area (Å²) >= 11 is 0. The third-order valence-electron chi connectivity index (χ3n) is 5.09. The van der Waals surface area contributed by atoms with Crippen LogP contribution in [0.4, 0.5) is 0 Å². The molecule has 2 N–H and O–H groups in total. The first-order valence-corrected chi connectivity index (χ1v) is 7.56. The van der Waals surface area contributed by atoms with Crippen molar-refractivity contribution >= 4 is 18.3 Å². The summed E-state index contributed by atoms with van der Waals surface area (Å²) in [6.45, 7) is 5.91. The monoisotopic (exact) mass is 308 g/mol. The lowest BCUT2D eigenvalue weighted by atomic mass is 9.79. The highest BCUT2D eigenvalue weighted by Crippen LogP contribution is 2.50. The van der Waals surface area contributed by atoms with E-state index in [1.807, 2.05) is 23.1 Å². The van der Waals surface area contributed by atoms with Crippen molar-refractivity contribution in [1.82, 2.24) is 4.90 Å². The lowest BCUT2D eigenvalue weighted by Crippen LogP contribution is -2.55. The quantitative estimate of drug-likeness (QED) is 0.913. The Morgan fingerprint density at radius 1 is 1.24 bits per heavy atom. The molecule has 21 heavy (non-hydrogen) atoms. The Morgan fingerprint density at radius 2 is 1.86 bits per heavy atom. The second-order valence-corrected chi connectivity index (χ2v) is 7.06. The van der Waals surface area contributed by atoms with E-state index < -0.39 is 0 Å². The SMILES string of the molecule is CC1(C)CN(C(=O)C2(c3ccccc3)CC2)CCC1N.Cl. The molecule has 1 aliphatic heterocycles. The normalized spacial score (nSPS) is 25.9. The van der Waals surface area contributed by atoms with Gasteiger partial charge in [-0.15, -0.1) is 12.4 Å². The topological polar surface area (TPSA) is 46.3 Å². The number of likely N-dealkylation sites (tertiary alicyclic amines) is 1. The first-order valence-electron chi connectivity index (χ1n) is 7.56. The molecule has 2 fully saturated rings. The van der Waals surface area contributed by atoms with Crippen molar-refractivity contribution < 1.29 is 4.79 Å². The molecule has 1 amide bonds. The molecule has 0 aromatic heterocycles. The molecule has 0 radical (unpaired) electrons. The summed E-state index contributed by atoms with van der Waals surface area (Å²) in [6, 6.07) is 10.4. The van der Waals surface area contributed by atoms with Gasteiger partial charge in [0, 0.05) is 19.1 Å². The van der Waals surface area contributed by atoms with Crippen LogP contribution in [-0.2, 0) is 10.2 Å². The molecule has 3 rings (SSSR count). The Bertz CT molecular complexity index is 511. The van der Waals surface area contributed by atoms with Crippen molar-refractivity contribution in [3.05, 3.63) is 35.9 Å². The van der Waals surface area contributed by atoms with Gasteiger partial charge in [0.05, 0.1) is 5.41 Å². The number of hydrogen-bond donors (Lipinski definition) is 1. The summed E-state index contributed by atoms with van der Waals surface area (Å²) in [7, 11) is 0. The Hall–Kier alpha value is -1.06. The maximum Gasteiger partial charge on any atom is 0.233 e. The van der Waals surface area contributed by atoms with Gasteiger partial charge >= 0.3 is 0 Å². The predicted octanol–water partition coefficient (Wildman–Crippen LogP) is 2.73. The van der Waals surface area contributed by atoms with Gasteiger partial charge in [-0.25, -0.2) is 0 Å². The van der Waals surface area contributed by atoms with E-state index in [9.17, 15) is 4.79 Å². The number of amides is 1. The number of benzene rings is 1. The van der Waals surface area contributed by atoms with Crippen LogP contribution in [0.5, 0.6) is 0 Å². The third-order valence-corrected chi connectivity index (χ3v) is 5.09. The maximum atomic E-state index is 13.0. The minimum absolute atomic E-state index is 0. The van der Waals surface area contributed by atoms with E-state index in [1.165, 1.54) is 5.56 Å². The highest BCUT2D eigenvalue weighted by atomic mass is 35.5. The molecule has 1 saturated carbocycles. The maximum absolute atomic E-state index is 13.0. The van der Waals surface area contributed by atoms with Crippen LogP contribution in [0.25, 0.3) is 0 Å². The molecule has 1 aliphatic carbocycles. The number of rotatable bonds is 2. The number of halogens is 1. The van der Waals surface area contributed by atoms with Gasteiger partial charge in [-0.2, -0.15) is 0 Å². The minimum atomic E-state index is -0.237. The lowest BCUT2D eigenvalue weighted by molar-refractivity contribution is -0.137. The average molecular weight is 309 g/mol. The van der Waals surface area contributed by atoms with Gasteiger partial charge in [0.1, 0.15) is 0 Å². The summed E-state index contributed by atoms with van der Waals surface area (Å²) in [4.78, 5) is 15.0. The highest BCUT2D eigenvalue weighted by Gasteiger charge is 2.54. The van der Waals surface area contributed by atoms with Gasteiger partial charge in [-0.05, 0) is 30.2 Å². The zero-order chi connectivity index (χ0) is 14.4. The van der Waals surface area contributed by atoms with E-state index >= 15 is 0 Å². The standard InChI is InChI=1S/C17H24N2O.ClH/c1-16(2)12-19(11-8-14(16)18)15(20)17(9-10-17)13-6-4-3-5-7-13;/h3-7,14H,8-12,18H2,1-2H3;1H. The summed E-state index contributed by atoms with van der Waals surface area (Å²) in [5, 5.41) is 0. The molecule has 0 spiro atoms. The summed E-state index contributed by atoms with van der Waals surface area (Å²) < 4.78 is 0. The van der Waals surface area contributed by atoms with E-state index in [1.54, 1.807) is 0 Å². The molecule has 1 atom stereocenters. The Morgan fingerprint density at radius 3 is 2.38 bits per heavy atom. The van der Waals surface area contributed by atoms with Gasteiger partial charge in [0.25, 0.3) is 0 Å². The van der Waals surface area contributed by atoms with Crippen molar-refractivity contribution in [3.8, 4) is 0 Å². The smallest absolute Gasteiger partial charge is 0.233 e. The van der Waals surface area contributed by atoms with Crippen molar-refractivity contribution in [2.24, 2.45) is 11.1 Å². The van der Waals surface area contributed by atoms with E-state index in [-0.39, 0.29) is 29.3 Å². The van der Waals surface area contributed by atoms with Crippen molar-refractivity contribution in [2.75, 3.05) is 13.1 Å². The first kappa shape index (κ1) is 16.3. The van der Waals surface area contributed by atoms with Crippen LogP contribution in [0, 0.1) is 5.41 Å². The Balaban J connectivity index is 0.00000161. The predicted molar refractivity (Wildman–Crippen MR) is 87.6 cm³/mol. The Kier molecular flexibility index (Phi) is 4.36. The van der Waals surface area contributed by atoms with Gasteiger partial charge in [0.15, 0.2) is 0 Å². The molecule has 1 saturated heterocycles. The molecule has 116 valence electrons. The number of hydrogen-bond acceptors (Lipinski definition) is 2. The molecule has 1 aromatic rings. The number of piperidine rings is 1. The second-order valence-electron chi connectivity index (χ2n) is 7.06. The van der Waals surface area contributed by atoms with E-state index in [4.69, 9.17) is 5.73 Å². The summed E-state index contributed by atoms with van der Waals surface area (Å²) in [5.74, 6) is 0.309. The van der Waals surface area contributed by atoms with Crippen molar-refractivity contribution in [1.29, 1.82) is 0 Å². The van der Waals surface area contributed by atoms with Crippen LogP contribution in [0.2, 0.25) is 0 Å². The van der Waals surface area contributed by atoms with Crippen LogP contribution in [0.1, 0.15) is 38.7 Å². The minimum Gasteiger partial charge on any atom is -0.341 e. The number of carbonyl (C=O) groups is 1. The fourth-order valence-corrected chi connectivity index (χ4v) is 3.36. The number of carbonyl (C=O) groups excluding carboxylic acids is 1. The van der Waals surface area contributed by atoms with Crippen molar-refractivity contribution in [3.63, 3.8) is 0 Å². The lowest BCUT2D eigenvalue weighted by Gasteiger charge is -2.43. The average Bonchev–Trinajstić information content (AvgIpc) is 3.24. The second kappa shape index (κ2) is 5.62. The molecule has 1 aromatic carbocycles. The third kappa shape index (κ3) is 2.82. The van der Waals surface area contributed by atoms with Crippen molar-refractivity contribution in [2.45, 2.75) is 44.6 Å². The Labute approximate surface area is 133 Å². The van der Waals surface area contributed by atoms with Gasteiger partial charge in [0.2, 0.25) is 5.91 Å². The molecule has 1 heterocycles. The van der Waals surface area contributed by atoms with Gasteiger partial charge in [-0.3, -0.25) is 4.79 Å². The first-order chi connectivity index (χ1) is 9.46. The zero-order valence-corrected chi connectivity index (χ0v) is 13.7. The molecule has 0 bridgehead atoms. The number of nitrogens with two attached hydrogens (primary N) is 1. The molecule has 3 nitrogen and oxygen atoms in total. The largest absolute Gasteiger partial charge is 0.341 e. The van der Waals surface area contributed by atoms with E-state index in [2.05, 4.69) is 26.0 Å². The summed E-state index contributed by atoms with van der Waals surface area (Å²) in [6.07, 6.45) is 2.88. The molecule has 2 aliphatic rings. The molecule has 1 unspecified atom stereocenters. The van der Waals surface area contributed by atoms with Gasteiger partial charge < -0.3 is 10.6 Å². The molecular weight excluding hydrogens is 284 g/mol. The molecule has 4 heteroatoms. The van der Waals surface area contributed by atoms with E-state index in [0.717, 1.165) is 32.4 Å². The van der Waals surface area contributed by atoms with E-state index in [0.29, 0.717) is 5.91 Å². The van der Waals surface area contributed by atoms with Crippen LogP contribution < -0.4 is 5.73 Å². The van der Waals surface area contributed by atoms with Gasteiger partial charge in [-0.1, -0.05) is 44.2 Å². The fraction of sp³-hybridized carbons (Fsp3) is 0.588.